The summed E-state index contributed by atoms with van der Waals surface area (Å²) in [6, 6.07) is 0. The average molecular weight is 289 g/mol. The number of hydrogen-bond donors (Lipinski definition) is 7. The van der Waals surface area contributed by atoms with Crippen LogP contribution in [-0.2, 0) is 14.4 Å². The number of guanidine groups is 3. The van der Waals surface area contributed by atoms with Crippen LogP contribution in [0.4, 0.5) is 0 Å². The largest absolute Gasteiger partial charge is 0.478 e. The zero-order valence-electron chi connectivity index (χ0n) is 10.2. The van der Waals surface area contributed by atoms with Crippen LogP contribution in [0.3, 0.4) is 0 Å². The molecule has 0 saturated carbocycles. The van der Waals surface area contributed by atoms with Crippen molar-refractivity contribution in [3.05, 3.63) is 0 Å². The summed E-state index contributed by atoms with van der Waals surface area (Å²) >= 11 is 0. The van der Waals surface area contributed by atoms with Crippen molar-refractivity contribution >= 4 is 29.8 Å². The highest BCUT2D eigenvalue weighted by Crippen LogP contribution is 1.92. The third-order valence-electron chi connectivity index (χ3n) is 1.41. The Hall–Kier alpha value is -3.25. The van der Waals surface area contributed by atoms with E-state index in [0.29, 0.717) is 0 Å². The fraction of sp³-hybridized carbons (Fsp3) is 0.286. The first kappa shape index (κ1) is 16.8. The van der Waals surface area contributed by atoms with Crippen molar-refractivity contribution in [2.24, 2.45) is 43.6 Å². The first-order chi connectivity index (χ1) is 9.22. The molecule has 0 saturated heterocycles. The van der Waals surface area contributed by atoms with Crippen LogP contribution in [0.5, 0.6) is 0 Å². The van der Waals surface area contributed by atoms with Crippen LogP contribution in [0, 0.1) is 0 Å². The number of nitrogens with one attached hydrogen (secondary N) is 1. The molecule has 0 aliphatic carbocycles. The van der Waals surface area contributed by atoms with Crippen LogP contribution in [0.2, 0.25) is 0 Å². The van der Waals surface area contributed by atoms with Gasteiger partial charge in [0.15, 0.2) is 11.9 Å². The molecule has 13 nitrogen and oxygen atoms in total. The molecule has 0 heterocycles. The maximum absolute atomic E-state index is 11.1. The topological polar surface area (TPSA) is 243 Å². The molecule has 0 fully saturated rings. The molecule has 0 aliphatic rings. The molecule has 0 bridgehead atoms. The Kier molecular flexibility index (Phi) is 6.67. The molecule has 13 heteroatoms. The summed E-state index contributed by atoms with van der Waals surface area (Å²) in [6.45, 7) is -0.459. The summed E-state index contributed by atoms with van der Waals surface area (Å²) in [4.78, 5) is 36.1. The van der Waals surface area contributed by atoms with Crippen LogP contribution >= 0.6 is 0 Å². The molecule has 0 aliphatic heterocycles. The number of carbonyl (C=O) groups excluding carboxylic acids is 1. The van der Waals surface area contributed by atoms with Crippen LogP contribution in [0.15, 0.2) is 15.0 Å². The van der Waals surface area contributed by atoms with Gasteiger partial charge in [0.2, 0.25) is 12.1 Å². The molecule has 1 atom stereocenters. The van der Waals surface area contributed by atoms with Gasteiger partial charge in [-0.25, -0.2) is 24.6 Å². The Labute approximate surface area is 112 Å². The molecule has 12 N–H and O–H groups in total. The number of hydroxylamine groups is 1. The second kappa shape index (κ2) is 7.96. The van der Waals surface area contributed by atoms with E-state index in [1.165, 1.54) is 0 Å². The number of hydrogen-bond acceptors (Lipinski definition) is 6. The highest BCUT2D eigenvalue weighted by Gasteiger charge is 2.15. The standard InChI is InChI=1S/C7H15N9O4/c8-5(9)13-1-2(17)20-16-7(12)15-3(4(18)19)14-6(10)11/h3H,1H2,(H,18,19)(H4,8,9,13)(H4,10,11,14)(H3,12,15,16). The number of carbonyl (C=O) groups is 2. The summed E-state index contributed by atoms with van der Waals surface area (Å²) in [6.07, 6.45) is -1.68. The molecule has 0 spiro atoms. The van der Waals surface area contributed by atoms with Gasteiger partial charge in [0, 0.05) is 0 Å². The molecule has 0 aromatic carbocycles. The van der Waals surface area contributed by atoms with Gasteiger partial charge in [-0.3, -0.25) is 0 Å². The Morgan fingerprint density at radius 1 is 1.10 bits per heavy atom. The van der Waals surface area contributed by atoms with Gasteiger partial charge in [-0.05, 0) is 0 Å². The summed E-state index contributed by atoms with van der Waals surface area (Å²) in [5, 5.41) is 8.73. The summed E-state index contributed by atoms with van der Waals surface area (Å²) in [5.41, 5.74) is 27.1. The Morgan fingerprint density at radius 3 is 2.15 bits per heavy atom. The van der Waals surface area contributed by atoms with Crippen molar-refractivity contribution in [2.45, 2.75) is 6.17 Å². The van der Waals surface area contributed by atoms with E-state index in [-0.39, 0.29) is 5.96 Å². The van der Waals surface area contributed by atoms with Crippen molar-refractivity contribution in [3.63, 3.8) is 0 Å². The van der Waals surface area contributed by atoms with Crippen LogP contribution in [-0.4, -0.2) is 47.6 Å². The highest BCUT2D eigenvalue weighted by molar-refractivity contribution is 5.86. The first-order valence-corrected chi connectivity index (χ1v) is 4.88. The zero-order valence-corrected chi connectivity index (χ0v) is 10.2. The van der Waals surface area contributed by atoms with Gasteiger partial charge in [-0.2, -0.15) is 5.48 Å². The van der Waals surface area contributed by atoms with Crippen molar-refractivity contribution in [2.75, 3.05) is 6.54 Å². The molecule has 112 valence electrons. The van der Waals surface area contributed by atoms with Gasteiger partial charge in [0.1, 0.15) is 6.54 Å². The van der Waals surface area contributed by atoms with Crippen molar-refractivity contribution in [1.82, 2.24) is 5.48 Å². The quantitative estimate of drug-likeness (QED) is 0.145. The fourth-order valence-corrected chi connectivity index (χ4v) is 0.736. The van der Waals surface area contributed by atoms with Crippen LogP contribution in [0.25, 0.3) is 0 Å². The Bertz CT molecular complexity index is 449. The van der Waals surface area contributed by atoms with E-state index >= 15 is 0 Å². The molecule has 0 rings (SSSR count). The minimum absolute atomic E-state index is 0.303. The molecule has 20 heavy (non-hydrogen) atoms. The third-order valence-corrected chi connectivity index (χ3v) is 1.41. The fourth-order valence-electron chi connectivity index (χ4n) is 0.736. The zero-order chi connectivity index (χ0) is 15.7. The second-order valence-corrected chi connectivity index (χ2v) is 3.10. The van der Waals surface area contributed by atoms with Gasteiger partial charge in [-0.15, -0.1) is 0 Å². The van der Waals surface area contributed by atoms with E-state index in [0.717, 1.165) is 0 Å². The number of aliphatic carboxylic acids is 1. The lowest BCUT2D eigenvalue weighted by Crippen LogP contribution is -2.37. The highest BCUT2D eigenvalue weighted by atomic mass is 16.7. The van der Waals surface area contributed by atoms with E-state index in [4.69, 9.17) is 33.8 Å². The van der Waals surface area contributed by atoms with Gasteiger partial charge < -0.3 is 38.6 Å². The molecule has 0 amide bonds. The second-order valence-electron chi connectivity index (χ2n) is 3.10. The van der Waals surface area contributed by atoms with E-state index in [1.807, 2.05) is 5.48 Å². The molecule has 0 radical (unpaired) electrons. The monoisotopic (exact) mass is 289 g/mol. The van der Waals surface area contributed by atoms with Crippen molar-refractivity contribution in [1.29, 1.82) is 0 Å². The van der Waals surface area contributed by atoms with Crippen molar-refractivity contribution < 1.29 is 19.5 Å². The number of carboxylic acids is 1. The number of carboxylic acid groups (broad SMARTS) is 1. The van der Waals surface area contributed by atoms with E-state index in [2.05, 4.69) is 19.8 Å². The van der Waals surface area contributed by atoms with Crippen LogP contribution in [0.1, 0.15) is 0 Å². The van der Waals surface area contributed by atoms with Gasteiger partial charge in [-0.1, -0.05) is 0 Å². The minimum Gasteiger partial charge on any atom is -0.478 e. The summed E-state index contributed by atoms with van der Waals surface area (Å²) in [7, 11) is 0. The predicted octanol–water partition coefficient (Wildman–Crippen LogP) is -4.69. The normalized spacial score (nSPS) is 11.9. The summed E-state index contributed by atoms with van der Waals surface area (Å²) < 4.78 is 0. The van der Waals surface area contributed by atoms with Crippen molar-refractivity contribution in [3.8, 4) is 0 Å². The smallest absolute Gasteiger partial charge is 0.353 e. The lowest BCUT2D eigenvalue weighted by atomic mass is 10.5. The molecule has 0 aromatic rings. The number of nitrogens with two attached hydrogens (primary N) is 5. The molecular weight excluding hydrogens is 274 g/mol. The summed E-state index contributed by atoms with van der Waals surface area (Å²) in [5.74, 6) is -3.69. The first-order valence-electron chi connectivity index (χ1n) is 4.88. The van der Waals surface area contributed by atoms with Gasteiger partial charge in [0.05, 0.1) is 0 Å². The molecule has 0 aromatic heterocycles. The number of nitrogens with zero attached hydrogens (tertiary/aromatic N) is 3. The van der Waals surface area contributed by atoms with Gasteiger partial charge >= 0.3 is 11.9 Å². The van der Waals surface area contributed by atoms with E-state index < -0.39 is 36.6 Å². The Morgan fingerprint density at radius 2 is 1.70 bits per heavy atom. The third kappa shape index (κ3) is 7.93. The lowest BCUT2D eigenvalue weighted by molar-refractivity contribution is -0.146. The van der Waals surface area contributed by atoms with E-state index in [9.17, 15) is 9.59 Å². The molecule has 1 unspecified atom stereocenters. The maximum atomic E-state index is 11.1. The SMILES string of the molecule is NC(N)=NCC(=O)ON/C(N)=N/C(N=C(N)N)C(=O)O. The van der Waals surface area contributed by atoms with Gasteiger partial charge in [0.25, 0.3) is 0 Å². The minimum atomic E-state index is -1.68. The average Bonchev–Trinajstić information content (AvgIpc) is 2.32. The number of rotatable bonds is 5. The van der Waals surface area contributed by atoms with E-state index in [1.54, 1.807) is 0 Å². The maximum Gasteiger partial charge on any atom is 0.353 e. The Balaban J connectivity index is 4.51. The van der Waals surface area contributed by atoms with Crippen LogP contribution < -0.4 is 34.1 Å². The molecular formula is C7H15N9O4. The number of aliphatic imine (C=N–C) groups is 3. The lowest BCUT2D eigenvalue weighted by Gasteiger charge is -2.07. The predicted molar refractivity (Wildman–Crippen MR) is 68.8 cm³/mol.